The highest BCUT2D eigenvalue weighted by atomic mass is 127. The van der Waals surface area contributed by atoms with Crippen molar-refractivity contribution in [2.75, 3.05) is 0 Å². The summed E-state index contributed by atoms with van der Waals surface area (Å²) < 4.78 is 2.81. The molecular formula is C13H10ClIN4. The first kappa shape index (κ1) is 12.8. The van der Waals surface area contributed by atoms with Gasteiger partial charge >= 0.3 is 0 Å². The summed E-state index contributed by atoms with van der Waals surface area (Å²) in [7, 11) is 0. The van der Waals surface area contributed by atoms with Crippen molar-refractivity contribution < 1.29 is 0 Å². The number of fused-ring (bicyclic) bond motifs is 1. The highest BCUT2D eigenvalue weighted by Crippen LogP contribution is 2.26. The van der Waals surface area contributed by atoms with E-state index in [-0.39, 0.29) is 0 Å². The van der Waals surface area contributed by atoms with Crippen LogP contribution in [0.1, 0.15) is 11.1 Å². The second-order valence-electron chi connectivity index (χ2n) is 4.28. The zero-order chi connectivity index (χ0) is 13.6. The highest BCUT2D eigenvalue weighted by molar-refractivity contribution is 14.1. The molecule has 0 spiro atoms. The summed E-state index contributed by atoms with van der Waals surface area (Å²) in [4.78, 5) is 0. The fourth-order valence-electron chi connectivity index (χ4n) is 1.90. The molecule has 0 fully saturated rings. The minimum Gasteiger partial charge on any atom is -0.191 e. The molecule has 0 aliphatic heterocycles. The van der Waals surface area contributed by atoms with Gasteiger partial charge in [0.1, 0.15) is 0 Å². The van der Waals surface area contributed by atoms with Crippen LogP contribution in [-0.4, -0.2) is 19.8 Å². The van der Waals surface area contributed by atoms with Gasteiger partial charge in [-0.2, -0.15) is 9.61 Å². The average Bonchev–Trinajstić information content (AvgIpc) is 2.80. The van der Waals surface area contributed by atoms with Crippen LogP contribution in [0.25, 0.3) is 17.0 Å². The third kappa shape index (κ3) is 2.01. The molecule has 3 rings (SSSR count). The lowest BCUT2D eigenvalue weighted by Crippen LogP contribution is -2.00. The van der Waals surface area contributed by atoms with E-state index in [1.807, 2.05) is 38.1 Å². The van der Waals surface area contributed by atoms with Gasteiger partial charge in [0, 0.05) is 14.7 Å². The van der Waals surface area contributed by atoms with E-state index in [2.05, 4.69) is 37.9 Å². The van der Waals surface area contributed by atoms with E-state index in [1.54, 1.807) is 4.52 Å². The number of aromatic nitrogens is 4. The maximum Gasteiger partial charge on any atom is 0.186 e. The molecule has 0 unspecified atom stereocenters. The van der Waals surface area contributed by atoms with Crippen LogP contribution in [-0.2, 0) is 0 Å². The first-order valence-electron chi connectivity index (χ1n) is 5.72. The summed E-state index contributed by atoms with van der Waals surface area (Å²) in [6.45, 7) is 3.91. The van der Waals surface area contributed by atoms with Gasteiger partial charge in [0.15, 0.2) is 16.6 Å². The molecule has 2 heterocycles. The molecule has 19 heavy (non-hydrogen) atoms. The monoisotopic (exact) mass is 384 g/mol. The van der Waals surface area contributed by atoms with Gasteiger partial charge in [-0.1, -0.05) is 29.8 Å². The van der Waals surface area contributed by atoms with E-state index in [0.29, 0.717) is 11.0 Å². The van der Waals surface area contributed by atoms with E-state index in [4.69, 9.17) is 11.6 Å². The smallest absolute Gasteiger partial charge is 0.186 e. The standard InChI is InChI=1S/C13H10ClIN4/c1-7-8(2)12-16-17-13(19(12)18-11(7)14)9-5-3-4-6-10(9)15/h3-6H,1-2H3. The molecule has 0 aliphatic carbocycles. The van der Waals surface area contributed by atoms with Gasteiger partial charge in [0.25, 0.3) is 0 Å². The van der Waals surface area contributed by atoms with Crippen LogP contribution in [0, 0.1) is 17.4 Å². The Kier molecular flexibility index (Phi) is 3.18. The summed E-state index contributed by atoms with van der Waals surface area (Å²) in [5.74, 6) is 0.713. The zero-order valence-electron chi connectivity index (χ0n) is 10.4. The van der Waals surface area contributed by atoms with Crippen LogP contribution < -0.4 is 0 Å². The van der Waals surface area contributed by atoms with Gasteiger partial charge in [-0.3, -0.25) is 0 Å². The SMILES string of the molecule is Cc1c(Cl)nn2c(-c3ccccc3I)nnc2c1C. The highest BCUT2D eigenvalue weighted by Gasteiger charge is 2.16. The van der Waals surface area contributed by atoms with E-state index in [0.717, 1.165) is 25.9 Å². The zero-order valence-corrected chi connectivity index (χ0v) is 13.3. The minimum atomic E-state index is 0.483. The van der Waals surface area contributed by atoms with Gasteiger partial charge in [-0.05, 0) is 48.1 Å². The van der Waals surface area contributed by atoms with Crippen molar-refractivity contribution in [1.29, 1.82) is 0 Å². The number of hydrogen-bond acceptors (Lipinski definition) is 3. The number of hydrogen-bond donors (Lipinski definition) is 0. The Morgan fingerprint density at radius 3 is 2.58 bits per heavy atom. The Morgan fingerprint density at radius 1 is 1.11 bits per heavy atom. The van der Waals surface area contributed by atoms with Gasteiger partial charge in [0.2, 0.25) is 0 Å². The lowest BCUT2D eigenvalue weighted by Gasteiger charge is -2.06. The first-order valence-corrected chi connectivity index (χ1v) is 7.18. The Balaban J connectivity index is 2.36. The third-order valence-corrected chi connectivity index (χ3v) is 4.45. The van der Waals surface area contributed by atoms with Gasteiger partial charge in [-0.25, -0.2) is 0 Å². The topological polar surface area (TPSA) is 43.1 Å². The third-order valence-electron chi connectivity index (χ3n) is 3.15. The number of rotatable bonds is 1. The van der Waals surface area contributed by atoms with E-state index in [1.165, 1.54) is 0 Å². The molecule has 0 aliphatic rings. The molecule has 0 radical (unpaired) electrons. The minimum absolute atomic E-state index is 0.483. The molecule has 0 N–H and O–H groups in total. The van der Waals surface area contributed by atoms with Crippen LogP contribution in [0.5, 0.6) is 0 Å². The second-order valence-corrected chi connectivity index (χ2v) is 5.80. The molecule has 96 valence electrons. The predicted octanol–water partition coefficient (Wildman–Crippen LogP) is 3.67. The first-order chi connectivity index (χ1) is 9.09. The quantitative estimate of drug-likeness (QED) is 0.601. The summed E-state index contributed by atoms with van der Waals surface area (Å²) >= 11 is 8.44. The molecule has 6 heteroatoms. The Hall–Kier alpha value is -1.21. The van der Waals surface area contributed by atoms with Crippen LogP contribution in [0.15, 0.2) is 24.3 Å². The maximum atomic E-state index is 6.16. The van der Waals surface area contributed by atoms with Crippen molar-refractivity contribution in [3.63, 3.8) is 0 Å². The normalized spacial score (nSPS) is 11.2. The molecule has 0 bridgehead atoms. The van der Waals surface area contributed by atoms with Gasteiger partial charge < -0.3 is 0 Å². The van der Waals surface area contributed by atoms with Gasteiger partial charge in [0.05, 0.1) is 0 Å². The van der Waals surface area contributed by atoms with Crippen molar-refractivity contribution in [1.82, 2.24) is 19.8 Å². The molecule has 0 saturated carbocycles. The molecule has 4 nitrogen and oxygen atoms in total. The molecule has 0 atom stereocenters. The largest absolute Gasteiger partial charge is 0.191 e. The van der Waals surface area contributed by atoms with Crippen molar-refractivity contribution >= 4 is 39.8 Å². The van der Waals surface area contributed by atoms with E-state index in [9.17, 15) is 0 Å². The van der Waals surface area contributed by atoms with E-state index < -0.39 is 0 Å². The van der Waals surface area contributed by atoms with Crippen molar-refractivity contribution in [2.24, 2.45) is 0 Å². The predicted molar refractivity (Wildman–Crippen MR) is 83.4 cm³/mol. The molecular weight excluding hydrogens is 375 g/mol. The lowest BCUT2D eigenvalue weighted by atomic mass is 10.2. The van der Waals surface area contributed by atoms with Crippen LogP contribution in [0.4, 0.5) is 0 Å². The van der Waals surface area contributed by atoms with Crippen molar-refractivity contribution in [3.05, 3.63) is 44.1 Å². The number of benzene rings is 1. The molecule has 0 saturated heterocycles. The Labute approximate surface area is 128 Å². The summed E-state index contributed by atoms with van der Waals surface area (Å²) in [6.07, 6.45) is 0. The molecule has 0 amide bonds. The summed E-state index contributed by atoms with van der Waals surface area (Å²) in [5, 5.41) is 13.3. The Morgan fingerprint density at radius 2 is 1.84 bits per heavy atom. The van der Waals surface area contributed by atoms with Gasteiger partial charge in [-0.15, -0.1) is 10.2 Å². The van der Waals surface area contributed by atoms with Crippen molar-refractivity contribution in [2.45, 2.75) is 13.8 Å². The number of aryl methyl sites for hydroxylation is 1. The fraction of sp³-hybridized carbons (Fsp3) is 0.154. The molecule has 2 aromatic heterocycles. The fourth-order valence-corrected chi connectivity index (χ4v) is 2.75. The molecule has 3 aromatic rings. The van der Waals surface area contributed by atoms with Crippen LogP contribution >= 0.6 is 34.2 Å². The number of halogens is 2. The van der Waals surface area contributed by atoms with E-state index >= 15 is 0 Å². The average molecular weight is 385 g/mol. The molecule has 1 aromatic carbocycles. The van der Waals surface area contributed by atoms with Crippen molar-refractivity contribution in [3.8, 4) is 11.4 Å². The number of nitrogens with zero attached hydrogens (tertiary/aromatic N) is 4. The van der Waals surface area contributed by atoms with Crippen LogP contribution in [0.2, 0.25) is 5.15 Å². The lowest BCUT2D eigenvalue weighted by molar-refractivity contribution is 0.918. The summed E-state index contributed by atoms with van der Waals surface area (Å²) in [6, 6.07) is 7.99. The Bertz CT molecular complexity index is 782. The van der Waals surface area contributed by atoms with Crippen LogP contribution in [0.3, 0.4) is 0 Å². The maximum absolute atomic E-state index is 6.16. The second kappa shape index (κ2) is 4.72. The summed E-state index contributed by atoms with van der Waals surface area (Å²) in [5.41, 5.74) is 3.69.